The molecule has 0 atom stereocenters. The molecule has 0 fully saturated rings. The van der Waals surface area contributed by atoms with Gasteiger partial charge in [-0.2, -0.15) is 5.10 Å². The Bertz CT molecular complexity index is 771. The molecule has 0 aliphatic heterocycles. The van der Waals surface area contributed by atoms with E-state index in [0.717, 1.165) is 28.0 Å². The van der Waals surface area contributed by atoms with Crippen molar-refractivity contribution in [2.75, 3.05) is 12.8 Å². The number of anilines is 1. The molecule has 0 bridgehead atoms. The van der Waals surface area contributed by atoms with E-state index >= 15 is 0 Å². The number of nitrogens with two attached hydrogens (primary N) is 1. The summed E-state index contributed by atoms with van der Waals surface area (Å²) >= 11 is 0. The van der Waals surface area contributed by atoms with Gasteiger partial charge in [0, 0.05) is 24.4 Å². The van der Waals surface area contributed by atoms with Crippen LogP contribution in [0.3, 0.4) is 0 Å². The van der Waals surface area contributed by atoms with Crippen molar-refractivity contribution in [3.05, 3.63) is 35.7 Å². The molecular formula is C14H17N5O. The van der Waals surface area contributed by atoms with Gasteiger partial charge in [0.25, 0.3) is 0 Å². The maximum atomic E-state index is 6.03. The monoisotopic (exact) mass is 271 g/mol. The lowest BCUT2D eigenvalue weighted by Crippen LogP contribution is -2.05. The van der Waals surface area contributed by atoms with Crippen molar-refractivity contribution in [1.29, 1.82) is 0 Å². The molecule has 104 valence electrons. The highest BCUT2D eigenvalue weighted by Gasteiger charge is 2.12. The van der Waals surface area contributed by atoms with Gasteiger partial charge in [-0.05, 0) is 19.1 Å². The third-order valence-corrected chi connectivity index (χ3v) is 3.65. The van der Waals surface area contributed by atoms with Crippen LogP contribution < -0.4 is 10.5 Å². The van der Waals surface area contributed by atoms with Crippen LogP contribution in [-0.4, -0.2) is 26.4 Å². The number of hydrogen-bond acceptors (Lipinski definition) is 4. The fraction of sp³-hybridized carbons (Fsp3) is 0.286. The number of fused-ring (bicyclic) bond motifs is 1. The van der Waals surface area contributed by atoms with E-state index in [1.807, 2.05) is 47.6 Å². The maximum Gasteiger partial charge on any atom is 0.201 e. The number of aryl methyl sites for hydroxylation is 1. The predicted octanol–water partition coefficient (Wildman–Crippen LogP) is 1.72. The van der Waals surface area contributed by atoms with Gasteiger partial charge < -0.3 is 15.0 Å². The molecule has 0 aliphatic rings. The number of ether oxygens (including phenoxy) is 1. The third kappa shape index (κ3) is 1.89. The predicted molar refractivity (Wildman–Crippen MR) is 77.7 cm³/mol. The topological polar surface area (TPSA) is 70.9 Å². The standard InChI is InChI=1S/C14H17N5O/c1-9-10(7-16-18(9)2)8-19-13-5-4-11(20-3)6-12(13)17-14(19)15/h4-7H,8H2,1-3H3,(H2,15,17). The van der Waals surface area contributed by atoms with Crippen LogP contribution in [0.1, 0.15) is 11.3 Å². The van der Waals surface area contributed by atoms with Crippen LogP contribution in [-0.2, 0) is 13.6 Å². The first-order chi connectivity index (χ1) is 9.60. The van der Waals surface area contributed by atoms with E-state index in [0.29, 0.717) is 12.5 Å². The lowest BCUT2D eigenvalue weighted by atomic mass is 10.2. The van der Waals surface area contributed by atoms with Crippen molar-refractivity contribution in [1.82, 2.24) is 19.3 Å². The lowest BCUT2D eigenvalue weighted by molar-refractivity contribution is 0.415. The van der Waals surface area contributed by atoms with Crippen LogP contribution in [0, 0.1) is 6.92 Å². The van der Waals surface area contributed by atoms with E-state index in [-0.39, 0.29) is 0 Å². The summed E-state index contributed by atoms with van der Waals surface area (Å²) in [7, 11) is 3.57. The van der Waals surface area contributed by atoms with Gasteiger partial charge in [0.15, 0.2) is 0 Å². The minimum atomic E-state index is 0.497. The highest BCUT2D eigenvalue weighted by Crippen LogP contribution is 2.24. The second kappa shape index (κ2) is 4.56. The molecule has 3 rings (SSSR count). The molecule has 1 aromatic carbocycles. The van der Waals surface area contributed by atoms with Crippen LogP contribution in [0.4, 0.5) is 5.95 Å². The molecule has 2 N–H and O–H groups in total. The number of nitrogen functional groups attached to an aromatic ring is 1. The fourth-order valence-corrected chi connectivity index (χ4v) is 2.29. The SMILES string of the molecule is COc1ccc2c(c1)nc(N)n2Cc1cnn(C)c1C. The average molecular weight is 271 g/mol. The molecule has 0 spiro atoms. The molecule has 0 radical (unpaired) electrons. The van der Waals surface area contributed by atoms with Crippen LogP contribution in [0.25, 0.3) is 11.0 Å². The van der Waals surface area contributed by atoms with Gasteiger partial charge in [-0.15, -0.1) is 0 Å². The van der Waals surface area contributed by atoms with E-state index in [9.17, 15) is 0 Å². The molecule has 0 aliphatic carbocycles. The first-order valence-corrected chi connectivity index (χ1v) is 6.37. The van der Waals surface area contributed by atoms with Gasteiger partial charge >= 0.3 is 0 Å². The van der Waals surface area contributed by atoms with E-state index in [4.69, 9.17) is 10.5 Å². The molecule has 0 saturated carbocycles. The van der Waals surface area contributed by atoms with Crippen molar-refractivity contribution in [3.8, 4) is 5.75 Å². The first kappa shape index (κ1) is 12.5. The van der Waals surface area contributed by atoms with Gasteiger partial charge in [-0.25, -0.2) is 4.98 Å². The van der Waals surface area contributed by atoms with E-state index in [1.54, 1.807) is 7.11 Å². The number of aromatic nitrogens is 4. The smallest absolute Gasteiger partial charge is 0.201 e. The summed E-state index contributed by atoms with van der Waals surface area (Å²) < 4.78 is 9.05. The van der Waals surface area contributed by atoms with Crippen LogP contribution in [0.5, 0.6) is 5.75 Å². The Morgan fingerprint density at radius 3 is 2.80 bits per heavy atom. The summed E-state index contributed by atoms with van der Waals surface area (Å²) in [5, 5.41) is 4.26. The van der Waals surface area contributed by atoms with Crippen molar-refractivity contribution in [2.45, 2.75) is 13.5 Å². The van der Waals surface area contributed by atoms with Crippen LogP contribution in [0.2, 0.25) is 0 Å². The number of rotatable bonds is 3. The quantitative estimate of drug-likeness (QED) is 0.787. The normalized spacial score (nSPS) is 11.2. The Labute approximate surface area is 116 Å². The van der Waals surface area contributed by atoms with Crippen LogP contribution >= 0.6 is 0 Å². The molecule has 2 heterocycles. The van der Waals surface area contributed by atoms with Crippen molar-refractivity contribution >= 4 is 17.0 Å². The van der Waals surface area contributed by atoms with Gasteiger partial charge in [0.1, 0.15) is 5.75 Å². The summed E-state index contributed by atoms with van der Waals surface area (Å²) in [5.74, 6) is 1.27. The second-order valence-electron chi connectivity index (χ2n) is 4.79. The number of methoxy groups -OCH3 is 1. The fourth-order valence-electron chi connectivity index (χ4n) is 2.29. The van der Waals surface area contributed by atoms with Gasteiger partial charge in [0.05, 0.1) is 30.9 Å². The Balaban J connectivity index is 2.07. The first-order valence-electron chi connectivity index (χ1n) is 6.37. The summed E-state index contributed by atoms with van der Waals surface area (Å²) in [5.41, 5.74) is 10.1. The van der Waals surface area contributed by atoms with Gasteiger partial charge in [-0.3, -0.25) is 4.68 Å². The zero-order chi connectivity index (χ0) is 14.3. The average Bonchev–Trinajstić information content (AvgIpc) is 2.92. The molecule has 6 nitrogen and oxygen atoms in total. The highest BCUT2D eigenvalue weighted by atomic mass is 16.5. The Hall–Kier alpha value is -2.50. The maximum absolute atomic E-state index is 6.03. The number of imidazole rings is 1. The molecule has 20 heavy (non-hydrogen) atoms. The summed E-state index contributed by atoms with van der Waals surface area (Å²) in [6.45, 7) is 2.70. The summed E-state index contributed by atoms with van der Waals surface area (Å²) in [4.78, 5) is 4.39. The minimum Gasteiger partial charge on any atom is -0.497 e. The third-order valence-electron chi connectivity index (χ3n) is 3.65. The Morgan fingerprint density at radius 2 is 2.15 bits per heavy atom. The Morgan fingerprint density at radius 1 is 1.35 bits per heavy atom. The molecule has 0 amide bonds. The number of nitrogens with zero attached hydrogens (tertiary/aromatic N) is 4. The van der Waals surface area contributed by atoms with Crippen molar-refractivity contribution in [2.24, 2.45) is 7.05 Å². The molecule has 6 heteroatoms. The molecule has 2 aromatic heterocycles. The minimum absolute atomic E-state index is 0.497. The molecule has 3 aromatic rings. The van der Waals surface area contributed by atoms with Gasteiger partial charge in [-0.1, -0.05) is 0 Å². The van der Waals surface area contributed by atoms with Crippen LogP contribution in [0.15, 0.2) is 24.4 Å². The molecule has 0 saturated heterocycles. The zero-order valence-corrected chi connectivity index (χ0v) is 11.8. The molecule has 0 unspecified atom stereocenters. The van der Waals surface area contributed by atoms with E-state index in [2.05, 4.69) is 10.1 Å². The summed E-state index contributed by atoms with van der Waals surface area (Å²) in [6.07, 6.45) is 1.87. The summed E-state index contributed by atoms with van der Waals surface area (Å²) in [6, 6.07) is 5.78. The highest BCUT2D eigenvalue weighted by molar-refractivity contribution is 5.80. The number of hydrogen-bond donors (Lipinski definition) is 1. The van der Waals surface area contributed by atoms with Crippen molar-refractivity contribution in [3.63, 3.8) is 0 Å². The lowest BCUT2D eigenvalue weighted by Gasteiger charge is -2.06. The largest absolute Gasteiger partial charge is 0.497 e. The van der Waals surface area contributed by atoms with E-state index < -0.39 is 0 Å². The second-order valence-corrected chi connectivity index (χ2v) is 4.79. The Kier molecular flexibility index (Phi) is 2.85. The molecular weight excluding hydrogens is 254 g/mol. The van der Waals surface area contributed by atoms with E-state index in [1.165, 1.54) is 0 Å². The van der Waals surface area contributed by atoms with Gasteiger partial charge in [0.2, 0.25) is 5.95 Å². The zero-order valence-electron chi connectivity index (χ0n) is 11.8. The van der Waals surface area contributed by atoms with Crippen molar-refractivity contribution < 1.29 is 4.74 Å². The number of benzene rings is 1.